The predicted molar refractivity (Wildman–Crippen MR) is 114 cm³/mol. The number of hydrogen-bond acceptors (Lipinski definition) is 4. The van der Waals surface area contributed by atoms with Crippen molar-refractivity contribution in [3.63, 3.8) is 0 Å². The molecule has 0 aliphatic rings. The Morgan fingerprint density at radius 2 is 1.28 bits per heavy atom. The van der Waals surface area contributed by atoms with Gasteiger partial charge in [0.2, 0.25) is 0 Å². The highest BCUT2D eigenvalue weighted by Gasteiger charge is 2.54. The number of phenols is 2. The summed E-state index contributed by atoms with van der Waals surface area (Å²) >= 11 is 25.2. The van der Waals surface area contributed by atoms with Crippen LogP contribution in [0.15, 0.2) is 54.6 Å². The summed E-state index contributed by atoms with van der Waals surface area (Å²) in [6.45, 7) is 0. The van der Waals surface area contributed by atoms with Crippen molar-refractivity contribution in [1.29, 1.82) is 0 Å². The van der Waals surface area contributed by atoms with E-state index in [2.05, 4.69) is 0 Å². The first-order valence-electron chi connectivity index (χ1n) is 7.91. The molecular formula is C19H12Cl4O5S. The summed E-state index contributed by atoms with van der Waals surface area (Å²) in [6, 6.07) is 11.9. The van der Waals surface area contributed by atoms with E-state index in [1.54, 1.807) is 6.07 Å². The van der Waals surface area contributed by atoms with Gasteiger partial charge in [-0.1, -0.05) is 70.7 Å². The third kappa shape index (κ3) is 3.44. The van der Waals surface area contributed by atoms with E-state index in [1.165, 1.54) is 42.5 Å². The molecule has 3 N–H and O–H groups in total. The van der Waals surface area contributed by atoms with E-state index in [-0.39, 0.29) is 20.6 Å². The Balaban J connectivity index is 2.73. The first-order chi connectivity index (χ1) is 13.5. The number of benzene rings is 3. The summed E-state index contributed by atoms with van der Waals surface area (Å²) in [5.41, 5.74) is -1.02. The molecule has 0 heterocycles. The molecule has 0 bridgehead atoms. The van der Waals surface area contributed by atoms with E-state index in [1.807, 2.05) is 0 Å². The van der Waals surface area contributed by atoms with Crippen molar-refractivity contribution in [3.05, 3.63) is 91.4 Å². The summed E-state index contributed by atoms with van der Waals surface area (Å²) in [5, 5.41) is 19.8. The molecule has 0 saturated heterocycles. The van der Waals surface area contributed by atoms with Crippen molar-refractivity contribution >= 4 is 56.5 Å². The minimum absolute atomic E-state index is 0.0834. The molecule has 152 valence electrons. The molecule has 5 nitrogen and oxygen atoms in total. The SMILES string of the molecule is O=S(=O)(O)C(c1ccccc1Cl)(c1c(O)cccc1Cl)c1c(Cl)ccc(O)c1Cl. The molecule has 0 amide bonds. The molecule has 0 aromatic heterocycles. The zero-order valence-corrected chi connectivity index (χ0v) is 18.1. The second-order valence-electron chi connectivity index (χ2n) is 6.03. The molecule has 0 aliphatic carbocycles. The lowest BCUT2D eigenvalue weighted by atomic mass is 9.83. The lowest BCUT2D eigenvalue weighted by Crippen LogP contribution is -2.39. The quantitative estimate of drug-likeness (QED) is 0.311. The summed E-state index contributed by atoms with van der Waals surface area (Å²) < 4.78 is 34.0. The summed E-state index contributed by atoms with van der Waals surface area (Å²) in [7, 11) is -5.22. The Labute approximate surface area is 186 Å². The largest absolute Gasteiger partial charge is 0.508 e. The molecule has 0 saturated carbocycles. The van der Waals surface area contributed by atoms with Gasteiger partial charge in [-0.2, -0.15) is 8.42 Å². The van der Waals surface area contributed by atoms with Crippen LogP contribution in [0.4, 0.5) is 0 Å². The van der Waals surface area contributed by atoms with Gasteiger partial charge in [-0.3, -0.25) is 4.55 Å². The molecule has 0 spiro atoms. The average Bonchev–Trinajstić information content (AvgIpc) is 2.63. The lowest BCUT2D eigenvalue weighted by molar-refractivity contribution is 0.439. The van der Waals surface area contributed by atoms with Gasteiger partial charge in [-0.15, -0.1) is 0 Å². The van der Waals surface area contributed by atoms with Crippen molar-refractivity contribution < 1.29 is 23.2 Å². The van der Waals surface area contributed by atoms with Crippen LogP contribution in [-0.2, 0) is 14.9 Å². The van der Waals surface area contributed by atoms with Crippen LogP contribution < -0.4 is 0 Å². The number of rotatable bonds is 4. The van der Waals surface area contributed by atoms with E-state index >= 15 is 0 Å². The van der Waals surface area contributed by atoms with E-state index < -0.39 is 42.5 Å². The molecule has 0 fully saturated rings. The Bertz CT molecular complexity index is 1190. The van der Waals surface area contributed by atoms with Crippen LogP contribution in [0.5, 0.6) is 11.5 Å². The Hall–Kier alpha value is -1.67. The van der Waals surface area contributed by atoms with Crippen LogP contribution in [0.2, 0.25) is 20.1 Å². The van der Waals surface area contributed by atoms with Crippen LogP contribution in [-0.4, -0.2) is 23.2 Å². The Morgan fingerprint density at radius 1 is 0.690 bits per heavy atom. The predicted octanol–water partition coefficient (Wildman–Crippen LogP) is 5.89. The van der Waals surface area contributed by atoms with Gasteiger partial charge in [0.05, 0.1) is 5.02 Å². The minimum atomic E-state index is -5.22. The fraction of sp³-hybridized carbons (Fsp3) is 0.0526. The summed E-state index contributed by atoms with van der Waals surface area (Å²) in [6.07, 6.45) is 0. The van der Waals surface area contributed by atoms with E-state index in [0.717, 1.165) is 6.07 Å². The molecule has 0 radical (unpaired) electrons. The first-order valence-corrected chi connectivity index (χ1v) is 10.9. The summed E-state index contributed by atoms with van der Waals surface area (Å²) in [5.74, 6) is -1.07. The van der Waals surface area contributed by atoms with Crippen molar-refractivity contribution in [2.75, 3.05) is 0 Å². The highest BCUT2D eigenvalue weighted by molar-refractivity contribution is 7.87. The van der Waals surface area contributed by atoms with Crippen LogP contribution in [0.25, 0.3) is 0 Å². The molecule has 10 heteroatoms. The maximum Gasteiger partial charge on any atom is 0.283 e. The monoisotopic (exact) mass is 492 g/mol. The Kier molecular flexibility index (Phi) is 5.98. The molecule has 3 aromatic carbocycles. The molecule has 1 atom stereocenters. The highest BCUT2D eigenvalue weighted by Crippen LogP contribution is 2.55. The summed E-state index contributed by atoms with van der Waals surface area (Å²) in [4.78, 5) is 0. The maximum absolute atomic E-state index is 13.1. The van der Waals surface area contributed by atoms with E-state index in [9.17, 15) is 23.2 Å². The topological polar surface area (TPSA) is 94.8 Å². The van der Waals surface area contributed by atoms with Crippen LogP contribution in [0, 0.1) is 0 Å². The smallest absolute Gasteiger partial charge is 0.283 e. The number of phenolic OH excluding ortho intramolecular Hbond substituents is 2. The van der Waals surface area contributed by atoms with Crippen molar-refractivity contribution in [2.24, 2.45) is 0 Å². The average molecular weight is 494 g/mol. The third-order valence-electron chi connectivity index (χ3n) is 4.41. The minimum Gasteiger partial charge on any atom is -0.508 e. The third-order valence-corrected chi connectivity index (χ3v) is 7.15. The van der Waals surface area contributed by atoms with Crippen molar-refractivity contribution in [1.82, 2.24) is 0 Å². The van der Waals surface area contributed by atoms with Gasteiger partial charge in [0.25, 0.3) is 10.1 Å². The van der Waals surface area contributed by atoms with Gasteiger partial charge in [0, 0.05) is 31.8 Å². The van der Waals surface area contributed by atoms with Gasteiger partial charge in [-0.05, 0) is 30.3 Å². The Morgan fingerprint density at radius 3 is 1.86 bits per heavy atom. The fourth-order valence-corrected chi connectivity index (χ4v) is 6.13. The zero-order chi connectivity index (χ0) is 21.6. The first kappa shape index (κ1) is 22.0. The molecule has 29 heavy (non-hydrogen) atoms. The second-order valence-corrected chi connectivity index (χ2v) is 9.19. The van der Waals surface area contributed by atoms with E-state index in [4.69, 9.17) is 46.4 Å². The number of aromatic hydroxyl groups is 2. The molecule has 1 unspecified atom stereocenters. The van der Waals surface area contributed by atoms with Crippen LogP contribution >= 0.6 is 46.4 Å². The van der Waals surface area contributed by atoms with Gasteiger partial charge in [0.15, 0.2) is 4.75 Å². The van der Waals surface area contributed by atoms with Crippen LogP contribution in [0.3, 0.4) is 0 Å². The normalized spacial score (nSPS) is 13.8. The standard InChI is InChI=1S/C19H12Cl4O5S/c20-11-5-2-1-4-10(11)19(29(26,27)28,16-12(21)6-3-7-14(16)24)17-13(22)8-9-15(25)18(17)23/h1-9,24-25H,(H,26,27,28). The zero-order valence-electron chi connectivity index (χ0n) is 14.3. The lowest BCUT2D eigenvalue weighted by Gasteiger charge is -2.35. The van der Waals surface area contributed by atoms with Crippen molar-refractivity contribution in [3.8, 4) is 11.5 Å². The van der Waals surface area contributed by atoms with Gasteiger partial charge < -0.3 is 10.2 Å². The van der Waals surface area contributed by atoms with E-state index in [0.29, 0.717) is 0 Å². The molecule has 3 aromatic rings. The molecule has 3 rings (SSSR count). The van der Waals surface area contributed by atoms with Crippen molar-refractivity contribution in [2.45, 2.75) is 4.75 Å². The molecular weight excluding hydrogens is 482 g/mol. The fourth-order valence-electron chi connectivity index (χ4n) is 3.26. The second kappa shape index (κ2) is 7.87. The number of hydrogen-bond donors (Lipinski definition) is 3. The highest BCUT2D eigenvalue weighted by atomic mass is 35.5. The maximum atomic E-state index is 13.1. The van der Waals surface area contributed by atoms with Gasteiger partial charge in [0.1, 0.15) is 11.5 Å². The van der Waals surface area contributed by atoms with Crippen LogP contribution in [0.1, 0.15) is 16.7 Å². The number of halogens is 4. The van der Waals surface area contributed by atoms with Gasteiger partial charge >= 0.3 is 0 Å². The van der Waals surface area contributed by atoms with Gasteiger partial charge in [-0.25, -0.2) is 0 Å². The molecule has 0 aliphatic heterocycles.